The third kappa shape index (κ3) is 34.2. The first-order valence-electron chi connectivity index (χ1n) is 18.5. The molecule has 5 heteroatoms. The molecule has 0 amide bonds. The number of rotatable bonds is 32. The van der Waals surface area contributed by atoms with E-state index in [9.17, 15) is 14.7 Å². The van der Waals surface area contributed by atoms with Gasteiger partial charge in [0.2, 0.25) is 0 Å². The summed E-state index contributed by atoms with van der Waals surface area (Å²) < 4.78 is 10.5. The summed E-state index contributed by atoms with van der Waals surface area (Å²) in [7, 11) is 0. The molecule has 1 atom stereocenters. The molecule has 0 bridgehead atoms. The van der Waals surface area contributed by atoms with Crippen LogP contribution in [0.1, 0.15) is 155 Å². The van der Waals surface area contributed by atoms with Crippen molar-refractivity contribution in [3.63, 3.8) is 0 Å². The van der Waals surface area contributed by atoms with Gasteiger partial charge in [-0.15, -0.1) is 0 Å². The maximum atomic E-state index is 12.1. The van der Waals surface area contributed by atoms with E-state index in [2.05, 4.69) is 86.8 Å². The van der Waals surface area contributed by atoms with E-state index in [0.717, 1.165) is 64.2 Å². The van der Waals surface area contributed by atoms with Crippen LogP contribution in [-0.2, 0) is 19.1 Å². The first-order valence-corrected chi connectivity index (χ1v) is 18.5. The zero-order valence-electron chi connectivity index (χ0n) is 29.6. The third-order valence-electron chi connectivity index (χ3n) is 7.49. The molecule has 0 radical (unpaired) electrons. The minimum absolute atomic E-state index is 0.103. The van der Waals surface area contributed by atoms with Crippen molar-refractivity contribution in [3.8, 4) is 0 Å². The Labute approximate surface area is 283 Å². The molecule has 0 aromatic carbocycles. The zero-order chi connectivity index (χ0) is 33.6. The van der Waals surface area contributed by atoms with Crippen LogP contribution in [0.4, 0.5) is 0 Å². The highest BCUT2D eigenvalue weighted by Crippen LogP contribution is 2.11. The summed E-state index contributed by atoms with van der Waals surface area (Å²) in [4.78, 5) is 24.2. The summed E-state index contributed by atoms with van der Waals surface area (Å²) >= 11 is 0. The van der Waals surface area contributed by atoms with Crippen LogP contribution in [0.15, 0.2) is 72.9 Å². The van der Waals surface area contributed by atoms with Crippen LogP contribution in [0.25, 0.3) is 0 Å². The molecule has 0 rings (SSSR count). The van der Waals surface area contributed by atoms with E-state index in [1.165, 1.54) is 57.8 Å². The van der Waals surface area contributed by atoms with Gasteiger partial charge in [0.05, 0.1) is 6.61 Å². The summed E-state index contributed by atoms with van der Waals surface area (Å²) in [5.74, 6) is -0.677. The fourth-order valence-corrected chi connectivity index (χ4v) is 4.70. The molecule has 0 spiro atoms. The fourth-order valence-electron chi connectivity index (χ4n) is 4.70. The van der Waals surface area contributed by atoms with Gasteiger partial charge in [-0.3, -0.25) is 9.59 Å². The normalized spacial score (nSPS) is 13.0. The van der Waals surface area contributed by atoms with E-state index in [0.29, 0.717) is 19.3 Å². The number of hydrogen-bond acceptors (Lipinski definition) is 5. The number of unbranched alkanes of at least 4 members (excludes halogenated alkanes) is 13. The van der Waals surface area contributed by atoms with Gasteiger partial charge < -0.3 is 14.6 Å². The molecule has 0 heterocycles. The Hall–Kier alpha value is -2.66. The Morgan fingerprint density at radius 3 is 1.76 bits per heavy atom. The lowest BCUT2D eigenvalue weighted by Crippen LogP contribution is -2.28. The third-order valence-corrected chi connectivity index (χ3v) is 7.49. The molecule has 46 heavy (non-hydrogen) atoms. The van der Waals surface area contributed by atoms with Gasteiger partial charge in [-0.05, 0) is 77.0 Å². The van der Waals surface area contributed by atoms with E-state index >= 15 is 0 Å². The summed E-state index contributed by atoms with van der Waals surface area (Å²) in [6, 6.07) is 0. The van der Waals surface area contributed by atoms with Gasteiger partial charge >= 0.3 is 11.9 Å². The molecule has 0 aromatic rings. The highest BCUT2D eigenvalue weighted by atomic mass is 16.6. The second-order valence-electron chi connectivity index (χ2n) is 11.9. The summed E-state index contributed by atoms with van der Waals surface area (Å²) in [6.45, 7) is 3.95. The smallest absolute Gasteiger partial charge is 0.306 e. The predicted molar refractivity (Wildman–Crippen MR) is 196 cm³/mol. The highest BCUT2D eigenvalue weighted by molar-refractivity contribution is 5.70. The number of hydrogen-bond donors (Lipinski definition) is 1. The Bertz CT molecular complexity index is 864. The largest absolute Gasteiger partial charge is 0.462 e. The van der Waals surface area contributed by atoms with Gasteiger partial charge in [-0.1, -0.05) is 138 Å². The number of carbonyl (C=O) groups is 2. The zero-order valence-corrected chi connectivity index (χ0v) is 29.6. The molecular weight excluding hydrogens is 572 g/mol. The van der Waals surface area contributed by atoms with Crippen molar-refractivity contribution in [1.29, 1.82) is 0 Å². The SMILES string of the molecule is CC/C=C/CC/C=C/C=C/C/C=C/C/C=C/CCCC(=O)OC[C@@H](CO)OC(=O)CCCCCCC/C=C\CCCCCCCC. The average Bonchev–Trinajstić information content (AvgIpc) is 3.06. The van der Waals surface area contributed by atoms with Gasteiger partial charge in [0, 0.05) is 12.8 Å². The van der Waals surface area contributed by atoms with Crippen molar-refractivity contribution >= 4 is 11.9 Å². The second-order valence-corrected chi connectivity index (χ2v) is 11.9. The van der Waals surface area contributed by atoms with Crippen molar-refractivity contribution < 1.29 is 24.2 Å². The summed E-state index contributed by atoms with van der Waals surface area (Å²) in [5.41, 5.74) is 0. The maximum absolute atomic E-state index is 12.1. The quantitative estimate of drug-likeness (QED) is 0.0343. The van der Waals surface area contributed by atoms with Crippen molar-refractivity contribution in [3.05, 3.63) is 72.9 Å². The molecular formula is C41H68O5. The van der Waals surface area contributed by atoms with Crippen LogP contribution in [0.5, 0.6) is 0 Å². The van der Waals surface area contributed by atoms with Crippen LogP contribution in [0.3, 0.4) is 0 Å². The minimum atomic E-state index is -0.801. The molecule has 0 aliphatic heterocycles. The van der Waals surface area contributed by atoms with Gasteiger partial charge in [0.15, 0.2) is 6.10 Å². The van der Waals surface area contributed by atoms with Crippen LogP contribution in [0.2, 0.25) is 0 Å². The Balaban J connectivity index is 3.72. The van der Waals surface area contributed by atoms with E-state index in [1.807, 2.05) is 0 Å². The number of carbonyl (C=O) groups excluding carboxylic acids is 2. The van der Waals surface area contributed by atoms with Gasteiger partial charge in [-0.2, -0.15) is 0 Å². The highest BCUT2D eigenvalue weighted by Gasteiger charge is 2.15. The van der Waals surface area contributed by atoms with E-state index in [1.54, 1.807) is 0 Å². The van der Waals surface area contributed by atoms with Gasteiger partial charge in [-0.25, -0.2) is 0 Å². The number of allylic oxidation sites excluding steroid dienone is 12. The van der Waals surface area contributed by atoms with Crippen molar-refractivity contribution in [2.24, 2.45) is 0 Å². The lowest BCUT2D eigenvalue weighted by atomic mass is 10.1. The molecule has 0 fully saturated rings. The van der Waals surface area contributed by atoms with E-state index in [-0.39, 0.29) is 25.2 Å². The number of aliphatic hydroxyl groups excluding tert-OH is 1. The van der Waals surface area contributed by atoms with Crippen molar-refractivity contribution in [2.45, 2.75) is 161 Å². The fraction of sp³-hybridized carbons (Fsp3) is 0.659. The summed E-state index contributed by atoms with van der Waals surface area (Å²) in [6.07, 6.45) is 48.2. The Kier molecular flexibility index (Phi) is 34.7. The van der Waals surface area contributed by atoms with Crippen LogP contribution in [0, 0.1) is 0 Å². The van der Waals surface area contributed by atoms with E-state index in [4.69, 9.17) is 9.47 Å². The maximum Gasteiger partial charge on any atom is 0.306 e. The Morgan fingerprint density at radius 1 is 0.543 bits per heavy atom. The lowest BCUT2D eigenvalue weighted by Gasteiger charge is -2.15. The minimum Gasteiger partial charge on any atom is -0.462 e. The number of aliphatic hydroxyl groups is 1. The van der Waals surface area contributed by atoms with Crippen LogP contribution in [-0.4, -0.2) is 36.4 Å². The van der Waals surface area contributed by atoms with Crippen LogP contribution < -0.4 is 0 Å². The molecule has 0 saturated heterocycles. The molecule has 0 saturated carbocycles. The molecule has 0 aromatic heterocycles. The number of esters is 2. The van der Waals surface area contributed by atoms with E-state index < -0.39 is 6.10 Å². The molecule has 0 aliphatic carbocycles. The standard InChI is InChI=1S/C41H68O5/c1-3-5-7-9-11-13-15-17-19-20-22-23-25-27-29-31-33-35-40(43)45-38-39(37-42)46-41(44)36-34-32-30-28-26-24-21-18-16-14-12-10-8-6-4-2/h5,7,13,15,17-19,21-23,27,29,39,42H,3-4,6,8-12,14,16,20,24-26,28,30-38H2,1-2H3/b7-5+,15-13+,19-17+,21-18-,23-22+,29-27+/t39-/m1/s1. The first-order chi connectivity index (χ1) is 22.6. The van der Waals surface area contributed by atoms with Gasteiger partial charge in [0.1, 0.15) is 6.61 Å². The lowest BCUT2D eigenvalue weighted by molar-refractivity contribution is -0.161. The molecule has 0 aliphatic rings. The Morgan fingerprint density at radius 2 is 1.07 bits per heavy atom. The van der Waals surface area contributed by atoms with Crippen molar-refractivity contribution in [2.75, 3.05) is 13.2 Å². The monoisotopic (exact) mass is 641 g/mol. The molecule has 0 unspecified atom stereocenters. The first kappa shape index (κ1) is 43.3. The van der Waals surface area contributed by atoms with Crippen LogP contribution >= 0.6 is 0 Å². The van der Waals surface area contributed by atoms with Crippen molar-refractivity contribution in [1.82, 2.24) is 0 Å². The molecule has 262 valence electrons. The molecule has 1 N–H and O–H groups in total. The predicted octanol–water partition coefficient (Wildman–Crippen LogP) is 11.4. The van der Waals surface area contributed by atoms with Gasteiger partial charge in [0.25, 0.3) is 0 Å². The second kappa shape index (κ2) is 36.8. The number of ether oxygens (including phenoxy) is 2. The topological polar surface area (TPSA) is 72.8 Å². The summed E-state index contributed by atoms with van der Waals surface area (Å²) in [5, 5.41) is 9.53. The average molecular weight is 641 g/mol. The molecule has 5 nitrogen and oxygen atoms in total.